The average Bonchev–Trinajstić information content (AvgIpc) is 3.59. The van der Waals surface area contributed by atoms with Crippen molar-refractivity contribution in [3.63, 3.8) is 0 Å². The Bertz CT molecular complexity index is 2050. The van der Waals surface area contributed by atoms with Gasteiger partial charge in [-0.25, -0.2) is 0 Å². The second-order valence-corrected chi connectivity index (χ2v) is 10.3. The van der Waals surface area contributed by atoms with Gasteiger partial charge in [-0.1, -0.05) is 97.1 Å². The van der Waals surface area contributed by atoms with E-state index in [2.05, 4.69) is 51.6 Å². The molecule has 0 amide bonds. The van der Waals surface area contributed by atoms with Crippen molar-refractivity contribution in [2.45, 2.75) is 0 Å². The highest BCUT2D eigenvalue weighted by Gasteiger charge is 2.10. The van der Waals surface area contributed by atoms with E-state index in [1.807, 2.05) is 115 Å². The summed E-state index contributed by atoms with van der Waals surface area (Å²) in [5.74, 6) is 0. The van der Waals surface area contributed by atoms with Gasteiger partial charge in [-0.3, -0.25) is 0 Å². The predicted octanol–water partition coefficient (Wildman–Crippen LogP) is 10.9. The molecule has 0 spiro atoms. The number of hydrogen-bond acceptors (Lipinski definition) is 4. The number of furan rings is 2. The lowest BCUT2D eigenvalue weighted by Gasteiger charge is -2.06. The number of hydrogen-bond donors (Lipinski definition) is 2. The predicted molar refractivity (Wildman–Crippen MR) is 176 cm³/mol. The third-order valence-corrected chi connectivity index (χ3v) is 7.24. The summed E-state index contributed by atoms with van der Waals surface area (Å²) in [6, 6.07) is 48.1. The SMILES string of the molecule is Brc1cccc2c1oc1ccccc12.Nc1ccccc1.c1ccc(Nc2cccc3c2oc2ccccc23)cc1. The Hall–Kier alpha value is -5.00. The molecule has 0 aliphatic heterocycles. The van der Waals surface area contributed by atoms with Gasteiger partial charge in [0, 0.05) is 32.9 Å². The van der Waals surface area contributed by atoms with E-state index in [0.717, 1.165) is 60.0 Å². The van der Waals surface area contributed by atoms with Crippen molar-refractivity contribution < 1.29 is 8.83 Å². The van der Waals surface area contributed by atoms with Crippen LogP contribution in [0.5, 0.6) is 0 Å². The smallest absolute Gasteiger partial charge is 0.158 e. The van der Waals surface area contributed by atoms with Crippen LogP contribution < -0.4 is 11.1 Å². The molecule has 0 bridgehead atoms. The van der Waals surface area contributed by atoms with Crippen LogP contribution in [0.15, 0.2) is 159 Å². The molecular weight excluding hydrogens is 572 g/mol. The molecule has 0 aliphatic rings. The summed E-state index contributed by atoms with van der Waals surface area (Å²) in [6.07, 6.45) is 0. The summed E-state index contributed by atoms with van der Waals surface area (Å²) < 4.78 is 12.7. The summed E-state index contributed by atoms with van der Waals surface area (Å²) in [6.45, 7) is 0. The van der Waals surface area contributed by atoms with Gasteiger partial charge >= 0.3 is 0 Å². The van der Waals surface area contributed by atoms with Gasteiger partial charge in [0.2, 0.25) is 0 Å². The highest BCUT2D eigenvalue weighted by atomic mass is 79.9. The topological polar surface area (TPSA) is 64.3 Å². The van der Waals surface area contributed by atoms with E-state index in [1.165, 1.54) is 5.39 Å². The second kappa shape index (κ2) is 12.0. The summed E-state index contributed by atoms with van der Waals surface area (Å²) in [5, 5.41) is 8.04. The van der Waals surface area contributed by atoms with Gasteiger partial charge in [-0.05, 0) is 64.5 Å². The molecule has 8 aromatic rings. The van der Waals surface area contributed by atoms with Crippen molar-refractivity contribution >= 4 is 76.9 Å². The molecular formula is C36H27BrN2O2. The first-order valence-corrected chi connectivity index (χ1v) is 14.1. The Morgan fingerprint density at radius 1 is 0.463 bits per heavy atom. The molecule has 0 aliphatic carbocycles. The molecule has 6 aromatic carbocycles. The Labute approximate surface area is 246 Å². The van der Waals surface area contributed by atoms with Crippen molar-refractivity contribution in [3.05, 3.63) is 150 Å². The van der Waals surface area contributed by atoms with Crippen molar-refractivity contribution in [2.24, 2.45) is 0 Å². The Morgan fingerprint density at radius 2 is 0.951 bits per heavy atom. The monoisotopic (exact) mass is 598 g/mol. The van der Waals surface area contributed by atoms with Crippen molar-refractivity contribution in [2.75, 3.05) is 11.1 Å². The zero-order valence-corrected chi connectivity index (χ0v) is 23.7. The van der Waals surface area contributed by atoms with Crippen LogP contribution in [0, 0.1) is 0 Å². The number of rotatable bonds is 2. The number of para-hydroxylation sites is 6. The molecule has 3 N–H and O–H groups in total. The lowest BCUT2D eigenvalue weighted by atomic mass is 10.1. The Balaban J connectivity index is 0.000000124. The van der Waals surface area contributed by atoms with E-state index in [0.29, 0.717) is 0 Å². The average molecular weight is 600 g/mol. The van der Waals surface area contributed by atoms with Crippen molar-refractivity contribution in [3.8, 4) is 0 Å². The molecule has 5 heteroatoms. The fourth-order valence-corrected chi connectivity index (χ4v) is 5.14. The van der Waals surface area contributed by atoms with Gasteiger partial charge in [0.05, 0.1) is 10.2 Å². The van der Waals surface area contributed by atoms with Crippen LogP contribution >= 0.6 is 15.9 Å². The number of nitrogens with one attached hydrogen (secondary N) is 1. The number of nitrogens with two attached hydrogens (primary N) is 1. The number of anilines is 3. The largest absolute Gasteiger partial charge is 0.455 e. The maximum atomic E-state index is 5.99. The first kappa shape index (κ1) is 26.2. The lowest BCUT2D eigenvalue weighted by Crippen LogP contribution is -1.89. The van der Waals surface area contributed by atoms with Crippen LogP contribution in [0.4, 0.5) is 17.1 Å². The van der Waals surface area contributed by atoms with E-state index in [4.69, 9.17) is 14.6 Å². The molecule has 0 atom stereocenters. The minimum absolute atomic E-state index is 0.822. The fraction of sp³-hybridized carbons (Fsp3) is 0. The number of fused-ring (bicyclic) bond motifs is 6. The third kappa shape index (κ3) is 5.81. The van der Waals surface area contributed by atoms with Crippen LogP contribution in [0.1, 0.15) is 0 Å². The highest BCUT2D eigenvalue weighted by molar-refractivity contribution is 9.10. The normalized spacial score (nSPS) is 10.7. The minimum atomic E-state index is 0.822. The van der Waals surface area contributed by atoms with Crippen LogP contribution in [0.25, 0.3) is 43.9 Å². The van der Waals surface area contributed by atoms with Crippen molar-refractivity contribution in [1.82, 2.24) is 0 Å². The molecule has 4 nitrogen and oxygen atoms in total. The standard InChI is InChI=1S/C18H13NO.C12H7BrO.C6H7N/c1-2-7-13(8-3-1)19-16-11-6-10-15-14-9-4-5-12-17(14)20-18(15)16;13-10-6-3-5-9-8-4-1-2-7-11(8)14-12(9)10;7-6-4-2-1-3-5-6/h1-12,19H;1-7H;1-5H,7H2. The zero-order chi connectivity index (χ0) is 28.0. The van der Waals surface area contributed by atoms with E-state index >= 15 is 0 Å². The highest BCUT2D eigenvalue weighted by Crippen LogP contribution is 2.35. The summed E-state index contributed by atoms with van der Waals surface area (Å²) in [5.41, 5.74) is 11.9. The molecule has 41 heavy (non-hydrogen) atoms. The molecule has 2 heterocycles. The zero-order valence-electron chi connectivity index (χ0n) is 22.1. The quantitative estimate of drug-likeness (QED) is 0.194. The summed E-state index contributed by atoms with van der Waals surface area (Å²) >= 11 is 3.48. The van der Waals surface area contributed by atoms with Crippen LogP contribution in [0.3, 0.4) is 0 Å². The van der Waals surface area contributed by atoms with E-state index < -0.39 is 0 Å². The molecule has 2 aromatic heterocycles. The molecule has 200 valence electrons. The molecule has 8 rings (SSSR count). The minimum Gasteiger partial charge on any atom is -0.455 e. The fourth-order valence-electron chi connectivity index (χ4n) is 4.69. The molecule has 0 unspecified atom stereocenters. The number of halogens is 1. The van der Waals surface area contributed by atoms with Crippen LogP contribution in [-0.2, 0) is 0 Å². The van der Waals surface area contributed by atoms with Gasteiger partial charge < -0.3 is 19.9 Å². The van der Waals surface area contributed by atoms with Gasteiger partial charge in [-0.15, -0.1) is 0 Å². The Morgan fingerprint density at radius 3 is 1.56 bits per heavy atom. The van der Waals surface area contributed by atoms with Gasteiger partial charge in [0.1, 0.15) is 16.7 Å². The number of benzene rings is 6. The third-order valence-electron chi connectivity index (χ3n) is 6.61. The number of nitrogen functional groups attached to an aromatic ring is 1. The van der Waals surface area contributed by atoms with Crippen LogP contribution in [-0.4, -0.2) is 0 Å². The van der Waals surface area contributed by atoms with E-state index in [9.17, 15) is 0 Å². The van der Waals surface area contributed by atoms with Gasteiger partial charge in [0.15, 0.2) is 5.58 Å². The molecule has 0 saturated heterocycles. The summed E-state index contributed by atoms with van der Waals surface area (Å²) in [4.78, 5) is 0. The van der Waals surface area contributed by atoms with Crippen molar-refractivity contribution in [1.29, 1.82) is 0 Å². The lowest BCUT2D eigenvalue weighted by molar-refractivity contribution is 0.667. The summed E-state index contributed by atoms with van der Waals surface area (Å²) in [7, 11) is 0. The van der Waals surface area contributed by atoms with E-state index in [-0.39, 0.29) is 0 Å². The molecule has 0 fully saturated rings. The maximum absolute atomic E-state index is 5.99. The first-order chi connectivity index (χ1) is 20.2. The van der Waals surface area contributed by atoms with Crippen LogP contribution in [0.2, 0.25) is 0 Å². The van der Waals surface area contributed by atoms with E-state index in [1.54, 1.807) is 0 Å². The Kier molecular flexibility index (Phi) is 7.70. The first-order valence-electron chi connectivity index (χ1n) is 13.3. The van der Waals surface area contributed by atoms with Gasteiger partial charge in [0.25, 0.3) is 0 Å². The maximum Gasteiger partial charge on any atom is 0.158 e. The second-order valence-electron chi connectivity index (χ2n) is 9.40. The molecule has 0 radical (unpaired) electrons. The molecule has 0 saturated carbocycles. The van der Waals surface area contributed by atoms with Gasteiger partial charge in [-0.2, -0.15) is 0 Å².